The normalized spacial score (nSPS) is 15.8. The number of ether oxygens (including phenoxy) is 1. The molecule has 20 heavy (non-hydrogen) atoms. The van der Waals surface area contributed by atoms with E-state index in [-0.39, 0.29) is 0 Å². The highest BCUT2D eigenvalue weighted by Crippen LogP contribution is 2.08. The molecular weight excluding hydrogens is 274 g/mol. The van der Waals surface area contributed by atoms with Crippen LogP contribution in [0.3, 0.4) is 0 Å². The van der Waals surface area contributed by atoms with Gasteiger partial charge in [-0.05, 0) is 39.2 Å². The van der Waals surface area contributed by atoms with Crippen LogP contribution in [0, 0.1) is 0 Å². The van der Waals surface area contributed by atoms with Crippen LogP contribution in [-0.4, -0.2) is 50.7 Å². The fraction of sp³-hybridized carbons (Fsp3) is 0.600. The number of benzene rings is 1. The lowest BCUT2D eigenvalue weighted by molar-refractivity contribution is 0.403. The van der Waals surface area contributed by atoms with Crippen molar-refractivity contribution in [3.8, 4) is 0 Å². The highest BCUT2D eigenvalue weighted by Gasteiger charge is 2.19. The number of hydrogen-bond acceptors (Lipinski definition) is 4. The first-order valence-corrected chi connectivity index (χ1v) is 7.43. The van der Waals surface area contributed by atoms with Gasteiger partial charge >= 0.3 is 0 Å². The third kappa shape index (κ3) is 13.8. The maximum atomic E-state index is 5.35. The Morgan fingerprint density at radius 1 is 1.25 bits per heavy atom. The van der Waals surface area contributed by atoms with Gasteiger partial charge in [-0.15, -0.1) is 11.6 Å². The van der Waals surface area contributed by atoms with Gasteiger partial charge in [0.25, 0.3) is 0 Å². The van der Waals surface area contributed by atoms with Gasteiger partial charge in [0.2, 0.25) is 0 Å². The molecular formula is C15H28ClN3O. The SMILES string of the molecule is CN(C)CCCN.ClCC1CO1.NCc1ccccc1. The molecule has 0 bridgehead atoms. The molecule has 1 aromatic rings. The lowest BCUT2D eigenvalue weighted by atomic mass is 10.2. The summed E-state index contributed by atoms with van der Waals surface area (Å²) < 4.78 is 4.73. The molecule has 1 heterocycles. The molecule has 2 rings (SSSR count). The Morgan fingerprint density at radius 2 is 1.85 bits per heavy atom. The number of hydrogen-bond donors (Lipinski definition) is 2. The minimum atomic E-state index is 0.400. The van der Waals surface area contributed by atoms with Crippen molar-refractivity contribution in [1.29, 1.82) is 0 Å². The molecule has 1 fully saturated rings. The van der Waals surface area contributed by atoms with Gasteiger partial charge in [-0.25, -0.2) is 0 Å². The van der Waals surface area contributed by atoms with Crippen LogP contribution in [0.25, 0.3) is 0 Å². The van der Waals surface area contributed by atoms with Crippen LogP contribution in [0.1, 0.15) is 12.0 Å². The number of halogens is 1. The summed E-state index contributed by atoms with van der Waals surface area (Å²) in [5.74, 6) is 0.667. The maximum Gasteiger partial charge on any atom is 0.0944 e. The van der Waals surface area contributed by atoms with Crippen molar-refractivity contribution in [2.75, 3.05) is 39.7 Å². The lowest BCUT2D eigenvalue weighted by Crippen LogP contribution is -2.16. The first-order valence-electron chi connectivity index (χ1n) is 6.90. The van der Waals surface area contributed by atoms with Crippen LogP contribution in [0.2, 0.25) is 0 Å². The predicted octanol–water partition coefficient (Wildman–Crippen LogP) is 1.67. The van der Waals surface area contributed by atoms with Gasteiger partial charge in [-0.3, -0.25) is 0 Å². The number of epoxide rings is 1. The van der Waals surface area contributed by atoms with Crippen LogP contribution in [0.4, 0.5) is 0 Å². The molecule has 0 spiro atoms. The second kappa shape index (κ2) is 13.3. The van der Waals surface area contributed by atoms with Crippen molar-refractivity contribution in [2.24, 2.45) is 11.5 Å². The van der Waals surface area contributed by atoms with Crippen molar-refractivity contribution in [2.45, 2.75) is 19.1 Å². The Morgan fingerprint density at radius 3 is 2.05 bits per heavy atom. The topological polar surface area (TPSA) is 67.8 Å². The maximum absolute atomic E-state index is 5.35. The molecule has 0 aromatic heterocycles. The average molecular weight is 302 g/mol. The van der Waals surface area contributed by atoms with E-state index in [2.05, 4.69) is 19.0 Å². The second-order valence-corrected chi connectivity index (χ2v) is 5.05. The number of alkyl halides is 1. The van der Waals surface area contributed by atoms with Crippen molar-refractivity contribution in [3.05, 3.63) is 35.9 Å². The van der Waals surface area contributed by atoms with Gasteiger partial charge in [0.1, 0.15) is 0 Å². The summed E-state index contributed by atoms with van der Waals surface area (Å²) in [6, 6.07) is 9.99. The Balaban J connectivity index is 0.000000278. The summed E-state index contributed by atoms with van der Waals surface area (Å²) in [5, 5.41) is 0. The van der Waals surface area contributed by atoms with E-state index in [0.29, 0.717) is 18.5 Å². The van der Waals surface area contributed by atoms with E-state index in [1.54, 1.807) is 0 Å². The summed E-state index contributed by atoms with van der Waals surface area (Å²) in [4.78, 5) is 2.13. The summed E-state index contributed by atoms with van der Waals surface area (Å²) in [7, 11) is 4.10. The molecule has 0 radical (unpaired) electrons. The van der Waals surface area contributed by atoms with Gasteiger partial charge in [-0.2, -0.15) is 0 Å². The summed E-state index contributed by atoms with van der Waals surface area (Å²) in [6.07, 6.45) is 1.50. The molecule has 0 amide bonds. The zero-order valence-corrected chi connectivity index (χ0v) is 13.4. The van der Waals surface area contributed by atoms with E-state index in [1.165, 1.54) is 5.56 Å². The van der Waals surface area contributed by atoms with Gasteiger partial charge < -0.3 is 21.1 Å². The van der Waals surface area contributed by atoms with Gasteiger partial charge in [0.15, 0.2) is 0 Å². The van der Waals surface area contributed by atoms with E-state index in [1.807, 2.05) is 30.3 Å². The van der Waals surface area contributed by atoms with Crippen LogP contribution in [-0.2, 0) is 11.3 Å². The predicted molar refractivity (Wildman–Crippen MR) is 87.0 cm³/mol. The first-order chi connectivity index (χ1) is 9.63. The molecule has 1 atom stereocenters. The minimum absolute atomic E-state index is 0.400. The highest BCUT2D eigenvalue weighted by molar-refractivity contribution is 6.18. The largest absolute Gasteiger partial charge is 0.372 e. The second-order valence-electron chi connectivity index (χ2n) is 4.74. The Hall–Kier alpha value is -0.650. The van der Waals surface area contributed by atoms with Crippen molar-refractivity contribution < 1.29 is 4.74 Å². The molecule has 0 aliphatic carbocycles. The number of rotatable bonds is 5. The molecule has 0 saturated carbocycles. The standard InChI is InChI=1S/C7H9N.C5H14N2.C3H5ClO/c8-6-7-4-2-1-3-5-7;1-7(2)5-3-4-6;4-1-3-2-5-3/h1-5H,6,8H2;3-6H2,1-2H3;3H,1-2H2. The van der Waals surface area contributed by atoms with Crippen molar-refractivity contribution in [1.82, 2.24) is 4.90 Å². The van der Waals surface area contributed by atoms with Crippen LogP contribution in [0.15, 0.2) is 30.3 Å². The Bertz CT molecular complexity index is 305. The van der Waals surface area contributed by atoms with E-state index in [9.17, 15) is 0 Å². The van der Waals surface area contributed by atoms with Gasteiger partial charge in [0, 0.05) is 6.54 Å². The molecule has 116 valence electrons. The molecule has 1 unspecified atom stereocenters. The molecule has 1 aliphatic rings. The Kier molecular flexibility index (Phi) is 12.9. The number of nitrogens with two attached hydrogens (primary N) is 2. The monoisotopic (exact) mass is 301 g/mol. The number of nitrogens with zero attached hydrogens (tertiary/aromatic N) is 1. The smallest absolute Gasteiger partial charge is 0.0944 e. The van der Waals surface area contributed by atoms with E-state index in [4.69, 9.17) is 27.8 Å². The minimum Gasteiger partial charge on any atom is -0.372 e. The summed E-state index contributed by atoms with van der Waals surface area (Å²) in [5.41, 5.74) is 11.8. The summed E-state index contributed by atoms with van der Waals surface area (Å²) in [6.45, 7) is 3.43. The van der Waals surface area contributed by atoms with Crippen LogP contribution >= 0.6 is 11.6 Å². The fourth-order valence-electron chi connectivity index (χ4n) is 1.18. The first kappa shape index (κ1) is 19.4. The lowest BCUT2D eigenvalue weighted by Gasteiger charge is -2.05. The van der Waals surface area contributed by atoms with E-state index < -0.39 is 0 Å². The zero-order valence-electron chi connectivity index (χ0n) is 12.6. The van der Waals surface area contributed by atoms with Crippen molar-refractivity contribution >= 4 is 11.6 Å². The van der Waals surface area contributed by atoms with Crippen molar-refractivity contribution in [3.63, 3.8) is 0 Å². The average Bonchev–Trinajstić information content (AvgIpc) is 3.31. The van der Waals surface area contributed by atoms with E-state index >= 15 is 0 Å². The third-order valence-electron chi connectivity index (χ3n) is 2.46. The highest BCUT2D eigenvalue weighted by atomic mass is 35.5. The fourth-order valence-corrected chi connectivity index (χ4v) is 1.36. The molecule has 1 aliphatic heterocycles. The quantitative estimate of drug-likeness (QED) is 0.641. The molecule has 5 heteroatoms. The third-order valence-corrected chi connectivity index (χ3v) is 2.81. The van der Waals surface area contributed by atoms with E-state index in [0.717, 1.165) is 26.1 Å². The molecule has 1 aromatic carbocycles. The van der Waals surface area contributed by atoms with Crippen LogP contribution < -0.4 is 11.5 Å². The van der Waals surface area contributed by atoms with Gasteiger partial charge in [0.05, 0.1) is 18.6 Å². The molecule has 4 N–H and O–H groups in total. The summed E-state index contributed by atoms with van der Waals surface area (Å²) >= 11 is 5.27. The molecule has 1 saturated heterocycles. The zero-order chi connectivity index (χ0) is 15.2. The Labute approximate surface area is 128 Å². The van der Waals surface area contributed by atoms with Crippen LogP contribution in [0.5, 0.6) is 0 Å². The molecule has 4 nitrogen and oxygen atoms in total. The van der Waals surface area contributed by atoms with Gasteiger partial charge in [-0.1, -0.05) is 30.3 Å².